The first-order chi connectivity index (χ1) is 9.32. The van der Waals surface area contributed by atoms with Gasteiger partial charge in [-0.2, -0.15) is 11.8 Å². The molecule has 21 heavy (non-hydrogen) atoms. The molecule has 0 rings (SSSR count). The fourth-order valence-corrected chi connectivity index (χ4v) is 2.73. The van der Waals surface area contributed by atoms with Gasteiger partial charge in [-0.05, 0) is 27.7 Å². The van der Waals surface area contributed by atoms with Gasteiger partial charge in [0.2, 0.25) is 0 Å². The maximum atomic E-state index is 11.6. The van der Waals surface area contributed by atoms with E-state index in [2.05, 4.69) is 5.32 Å². The zero-order valence-electron chi connectivity index (χ0n) is 13.5. The minimum atomic E-state index is -1.13. The van der Waals surface area contributed by atoms with Crippen LogP contribution < -0.4 is 5.32 Å². The molecule has 0 aromatic carbocycles. The molecule has 6 nitrogen and oxygen atoms in total. The Bertz CT molecular complexity index is 401. The number of hydrogen-bond acceptors (Lipinski definition) is 5. The van der Waals surface area contributed by atoms with Gasteiger partial charge in [0.05, 0.1) is 0 Å². The summed E-state index contributed by atoms with van der Waals surface area (Å²) < 4.78 is 4.66. The minimum absolute atomic E-state index is 0.0412. The van der Waals surface area contributed by atoms with Gasteiger partial charge < -0.3 is 15.2 Å². The molecule has 0 saturated carbocycles. The smallest absolute Gasteiger partial charge is 0.408 e. The zero-order valence-corrected chi connectivity index (χ0v) is 14.3. The molecule has 0 bridgehead atoms. The summed E-state index contributed by atoms with van der Waals surface area (Å²) in [6, 6.07) is -1.06. The Morgan fingerprint density at radius 1 is 1.19 bits per heavy atom. The van der Waals surface area contributed by atoms with Gasteiger partial charge in [0.15, 0.2) is 0 Å². The normalized spacial score (nSPS) is 13.4. The van der Waals surface area contributed by atoms with E-state index in [0.717, 1.165) is 0 Å². The average molecular weight is 319 g/mol. The van der Waals surface area contributed by atoms with Crippen molar-refractivity contribution in [2.45, 2.75) is 64.4 Å². The van der Waals surface area contributed by atoms with Crippen LogP contribution in [0, 0.1) is 0 Å². The van der Waals surface area contributed by atoms with Gasteiger partial charge in [-0.3, -0.25) is 4.79 Å². The predicted molar refractivity (Wildman–Crippen MR) is 82.6 cm³/mol. The molecule has 0 unspecified atom stereocenters. The first-order valence-corrected chi connectivity index (χ1v) is 7.67. The van der Waals surface area contributed by atoms with Gasteiger partial charge in [-0.1, -0.05) is 13.8 Å². The number of carboxylic acids is 1. The molecule has 1 amide bonds. The molecule has 0 aromatic rings. The lowest BCUT2D eigenvalue weighted by Crippen LogP contribution is -2.45. The fourth-order valence-electron chi connectivity index (χ4n) is 1.58. The number of aliphatic carboxylic acids is 1. The van der Waals surface area contributed by atoms with Gasteiger partial charge in [0.1, 0.15) is 17.4 Å². The highest BCUT2D eigenvalue weighted by Crippen LogP contribution is 2.28. The van der Waals surface area contributed by atoms with Crippen LogP contribution in [0.3, 0.4) is 0 Å². The summed E-state index contributed by atoms with van der Waals surface area (Å²) in [5, 5.41) is 11.5. The maximum Gasteiger partial charge on any atom is 0.408 e. The SMILES string of the molecule is CC(=O)CC(C)(C)SC[C@H](NC(=O)OC(C)(C)C)C(=O)O. The second kappa shape index (κ2) is 7.68. The molecule has 0 aliphatic carbocycles. The number of rotatable bonds is 7. The van der Waals surface area contributed by atoms with Crippen LogP contribution in [0.2, 0.25) is 0 Å². The number of nitrogens with one attached hydrogen (secondary N) is 1. The summed E-state index contributed by atoms with van der Waals surface area (Å²) >= 11 is 1.33. The minimum Gasteiger partial charge on any atom is -0.480 e. The van der Waals surface area contributed by atoms with Crippen LogP contribution in [-0.2, 0) is 14.3 Å². The Hall–Kier alpha value is -1.24. The quantitative estimate of drug-likeness (QED) is 0.749. The van der Waals surface area contributed by atoms with Crippen molar-refractivity contribution in [2.75, 3.05) is 5.75 Å². The van der Waals surface area contributed by atoms with Crippen molar-refractivity contribution in [1.29, 1.82) is 0 Å². The van der Waals surface area contributed by atoms with E-state index in [1.54, 1.807) is 20.8 Å². The van der Waals surface area contributed by atoms with Crippen molar-refractivity contribution in [3.8, 4) is 0 Å². The first kappa shape index (κ1) is 19.8. The van der Waals surface area contributed by atoms with Crippen LogP contribution >= 0.6 is 11.8 Å². The summed E-state index contributed by atoms with van der Waals surface area (Å²) in [6.07, 6.45) is -0.420. The van der Waals surface area contributed by atoms with Crippen LogP contribution in [0.1, 0.15) is 48.0 Å². The molecular formula is C14H25NO5S. The topological polar surface area (TPSA) is 92.7 Å². The summed E-state index contributed by atoms with van der Waals surface area (Å²) in [5.41, 5.74) is -0.686. The van der Waals surface area contributed by atoms with E-state index in [-0.39, 0.29) is 16.3 Å². The van der Waals surface area contributed by atoms with Crippen molar-refractivity contribution in [3.05, 3.63) is 0 Å². The molecule has 0 aliphatic heterocycles. The maximum absolute atomic E-state index is 11.6. The number of carbonyl (C=O) groups excluding carboxylic acids is 2. The molecule has 0 radical (unpaired) electrons. The summed E-state index contributed by atoms with van der Waals surface area (Å²) in [7, 11) is 0. The number of ether oxygens (including phenoxy) is 1. The number of hydrogen-bond donors (Lipinski definition) is 2. The zero-order chi connectivity index (χ0) is 16.8. The van der Waals surface area contributed by atoms with Gasteiger partial charge in [0.25, 0.3) is 0 Å². The Balaban J connectivity index is 4.55. The molecule has 0 aliphatic rings. The standard InChI is InChI=1S/C14H25NO5S/c1-9(16)7-14(5,6)21-8-10(11(17)18)15-12(19)20-13(2,3)4/h10H,7-8H2,1-6H3,(H,15,19)(H,17,18)/t10-/m0/s1. The predicted octanol–water partition coefficient (Wildman–Crippen LogP) is 2.46. The number of amides is 1. The van der Waals surface area contributed by atoms with Crippen LogP contribution in [0.15, 0.2) is 0 Å². The molecule has 0 aromatic heterocycles. The van der Waals surface area contributed by atoms with Gasteiger partial charge >= 0.3 is 12.1 Å². The highest BCUT2D eigenvalue weighted by molar-refractivity contribution is 8.00. The van der Waals surface area contributed by atoms with Gasteiger partial charge in [-0.15, -0.1) is 0 Å². The van der Waals surface area contributed by atoms with E-state index in [9.17, 15) is 14.4 Å². The lowest BCUT2D eigenvalue weighted by atomic mass is 10.1. The van der Waals surface area contributed by atoms with Crippen LogP contribution in [0.25, 0.3) is 0 Å². The average Bonchev–Trinajstić information content (AvgIpc) is 2.19. The Morgan fingerprint density at radius 2 is 1.71 bits per heavy atom. The summed E-state index contributed by atoms with van der Waals surface area (Å²) in [6.45, 7) is 10.3. The van der Waals surface area contributed by atoms with Crippen LogP contribution in [0.4, 0.5) is 4.79 Å². The molecule has 0 saturated heterocycles. The second-order valence-electron chi connectivity index (χ2n) is 6.49. The van der Waals surface area contributed by atoms with Crippen LogP contribution in [0.5, 0.6) is 0 Å². The summed E-state index contributed by atoms with van der Waals surface area (Å²) in [5.74, 6) is -0.930. The van der Waals surface area contributed by atoms with Gasteiger partial charge in [0, 0.05) is 16.9 Å². The number of alkyl carbamates (subject to hydrolysis) is 1. The molecule has 0 spiro atoms. The van der Waals surface area contributed by atoms with E-state index < -0.39 is 23.7 Å². The van der Waals surface area contributed by atoms with Crippen LogP contribution in [-0.4, -0.2) is 45.1 Å². The highest BCUT2D eigenvalue weighted by atomic mass is 32.2. The molecule has 0 heterocycles. The number of carboxylic acid groups (broad SMARTS) is 1. The third-order valence-corrected chi connectivity index (χ3v) is 3.73. The largest absolute Gasteiger partial charge is 0.480 e. The second-order valence-corrected chi connectivity index (χ2v) is 8.21. The molecule has 2 N–H and O–H groups in total. The van der Waals surface area contributed by atoms with Crippen molar-refractivity contribution in [1.82, 2.24) is 5.32 Å². The Labute approximate surface area is 130 Å². The fraction of sp³-hybridized carbons (Fsp3) is 0.786. The molecule has 1 atom stereocenters. The van der Waals surface area contributed by atoms with Crippen molar-refractivity contribution >= 4 is 29.6 Å². The lowest BCUT2D eigenvalue weighted by molar-refractivity contribution is -0.138. The number of carbonyl (C=O) groups is 3. The number of Topliss-reactive ketones (excluding diaryl/α,β-unsaturated/α-hetero) is 1. The molecule has 7 heteroatoms. The van der Waals surface area contributed by atoms with Crippen molar-refractivity contribution in [3.63, 3.8) is 0 Å². The summed E-state index contributed by atoms with van der Waals surface area (Å²) in [4.78, 5) is 34.0. The van der Waals surface area contributed by atoms with E-state index in [1.165, 1.54) is 18.7 Å². The monoisotopic (exact) mass is 319 g/mol. The van der Waals surface area contributed by atoms with E-state index in [0.29, 0.717) is 6.42 Å². The lowest BCUT2D eigenvalue weighted by Gasteiger charge is -2.26. The number of ketones is 1. The Kier molecular flexibility index (Phi) is 7.23. The first-order valence-electron chi connectivity index (χ1n) is 6.68. The van der Waals surface area contributed by atoms with E-state index >= 15 is 0 Å². The van der Waals surface area contributed by atoms with E-state index in [4.69, 9.17) is 9.84 Å². The van der Waals surface area contributed by atoms with E-state index in [1.807, 2.05) is 13.8 Å². The van der Waals surface area contributed by atoms with Crippen molar-refractivity contribution < 1.29 is 24.2 Å². The number of thioether (sulfide) groups is 1. The molecule has 122 valence electrons. The van der Waals surface area contributed by atoms with Gasteiger partial charge in [-0.25, -0.2) is 9.59 Å². The molecular weight excluding hydrogens is 294 g/mol. The molecule has 0 fully saturated rings. The Morgan fingerprint density at radius 3 is 2.10 bits per heavy atom. The highest BCUT2D eigenvalue weighted by Gasteiger charge is 2.28. The third-order valence-electron chi connectivity index (χ3n) is 2.30. The van der Waals surface area contributed by atoms with Crippen molar-refractivity contribution in [2.24, 2.45) is 0 Å². The third kappa shape index (κ3) is 10.2.